The molecule has 2 aliphatic rings. The molecule has 1 N–H and O–H groups in total. The lowest BCUT2D eigenvalue weighted by Gasteiger charge is -2.37. The molecule has 1 aromatic carbocycles. The second-order valence-corrected chi connectivity index (χ2v) is 4.95. The summed E-state index contributed by atoms with van der Waals surface area (Å²) in [6, 6.07) is 6.44. The van der Waals surface area contributed by atoms with Gasteiger partial charge in [0.1, 0.15) is 0 Å². The fourth-order valence-corrected chi connectivity index (χ4v) is 2.98. The van der Waals surface area contributed by atoms with Gasteiger partial charge in [-0.05, 0) is 55.5 Å². The molecular weight excluding hydrogens is 214 g/mol. The predicted molar refractivity (Wildman–Crippen MR) is 66.6 cm³/mol. The zero-order chi connectivity index (χ0) is 11.7. The van der Waals surface area contributed by atoms with Gasteiger partial charge in [-0.3, -0.25) is 0 Å². The first kappa shape index (κ1) is 10.9. The Bertz CT molecular complexity index is 411. The molecule has 17 heavy (non-hydrogen) atoms. The summed E-state index contributed by atoms with van der Waals surface area (Å²) in [6.45, 7) is 4.87. The topological polar surface area (TPSA) is 30.5 Å². The van der Waals surface area contributed by atoms with Crippen molar-refractivity contribution >= 4 is 0 Å². The van der Waals surface area contributed by atoms with E-state index in [1.165, 1.54) is 24.8 Å². The Balaban J connectivity index is 1.96. The van der Waals surface area contributed by atoms with Crippen LogP contribution in [0.5, 0.6) is 11.5 Å². The Morgan fingerprint density at radius 2 is 1.94 bits per heavy atom. The number of benzene rings is 1. The highest BCUT2D eigenvalue weighted by Gasteiger charge is 2.33. The number of fused-ring (bicyclic) bond motifs is 1. The van der Waals surface area contributed by atoms with Gasteiger partial charge in [0.2, 0.25) is 6.79 Å². The Hall–Kier alpha value is -1.22. The van der Waals surface area contributed by atoms with E-state index in [0.29, 0.717) is 12.2 Å². The van der Waals surface area contributed by atoms with Crippen molar-refractivity contribution in [3.05, 3.63) is 23.8 Å². The summed E-state index contributed by atoms with van der Waals surface area (Å²) in [5, 5.41) is 3.44. The van der Waals surface area contributed by atoms with E-state index < -0.39 is 0 Å². The molecule has 0 aliphatic carbocycles. The highest BCUT2D eigenvalue weighted by atomic mass is 16.7. The van der Waals surface area contributed by atoms with Gasteiger partial charge in [-0.2, -0.15) is 0 Å². The van der Waals surface area contributed by atoms with E-state index in [-0.39, 0.29) is 0 Å². The normalized spacial score (nSPS) is 21.5. The first-order valence-electron chi connectivity index (χ1n) is 6.45. The Kier molecular flexibility index (Phi) is 2.71. The lowest BCUT2D eigenvalue weighted by Crippen LogP contribution is -2.39. The number of hydrogen-bond donors (Lipinski definition) is 1. The molecule has 0 spiro atoms. The molecule has 1 saturated heterocycles. The molecule has 3 heteroatoms. The fraction of sp³-hybridized carbons (Fsp3) is 0.571. The summed E-state index contributed by atoms with van der Waals surface area (Å²) in [6.07, 6.45) is 3.61. The molecule has 92 valence electrons. The van der Waals surface area contributed by atoms with E-state index >= 15 is 0 Å². The van der Waals surface area contributed by atoms with Crippen LogP contribution in [-0.4, -0.2) is 19.9 Å². The highest BCUT2D eigenvalue weighted by molar-refractivity contribution is 5.46. The van der Waals surface area contributed by atoms with Crippen molar-refractivity contribution in [2.45, 2.75) is 31.6 Å². The Labute approximate surface area is 102 Å². The minimum absolute atomic E-state index is 0.326. The van der Waals surface area contributed by atoms with E-state index in [0.717, 1.165) is 24.6 Å². The van der Waals surface area contributed by atoms with E-state index in [2.05, 4.69) is 30.4 Å². The molecule has 0 amide bonds. The highest BCUT2D eigenvalue weighted by Crippen LogP contribution is 2.41. The van der Waals surface area contributed by atoms with Gasteiger partial charge in [0.15, 0.2) is 11.5 Å². The van der Waals surface area contributed by atoms with E-state index in [4.69, 9.17) is 9.47 Å². The molecule has 0 saturated carbocycles. The van der Waals surface area contributed by atoms with Gasteiger partial charge in [0.25, 0.3) is 0 Å². The van der Waals surface area contributed by atoms with Crippen molar-refractivity contribution in [1.82, 2.24) is 5.32 Å². The quantitative estimate of drug-likeness (QED) is 0.851. The van der Waals surface area contributed by atoms with Gasteiger partial charge < -0.3 is 14.8 Å². The van der Waals surface area contributed by atoms with E-state index in [1.54, 1.807) is 0 Å². The molecule has 3 nitrogen and oxygen atoms in total. The molecule has 0 bridgehead atoms. The smallest absolute Gasteiger partial charge is 0.231 e. The third-order valence-corrected chi connectivity index (χ3v) is 4.22. The molecule has 1 fully saturated rings. The zero-order valence-corrected chi connectivity index (χ0v) is 10.3. The Morgan fingerprint density at radius 3 is 2.71 bits per heavy atom. The van der Waals surface area contributed by atoms with Gasteiger partial charge in [-0.1, -0.05) is 13.0 Å². The number of hydrogen-bond acceptors (Lipinski definition) is 3. The van der Waals surface area contributed by atoms with E-state index in [1.807, 2.05) is 0 Å². The van der Waals surface area contributed by atoms with Crippen molar-refractivity contribution in [1.29, 1.82) is 0 Å². The summed E-state index contributed by atoms with van der Waals surface area (Å²) < 4.78 is 10.9. The first-order valence-corrected chi connectivity index (χ1v) is 6.45. The van der Waals surface area contributed by atoms with Gasteiger partial charge >= 0.3 is 0 Å². The van der Waals surface area contributed by atoms with Crippen LogP contribution in [0.3, 0.4) is 0 Å². The number of nitrogens with one attached hydrogen (secondary N) is 1. The molecular formula is C14H19NO2. The van der Waals surface area contributed by atoms with Crippen molar-refractivity contribution < 1.29 is 9.47 Å². The van der Waals surface area contributed by atoms with Crippen molar-refractivity contribution in [2.75, 3.05) is 19.9 Å². The standard InChI is InChI=1S/C14H19NO2/c1-2-14(5-7-15-8-6-14)11-3-4-12-13(9-11)17-10-16-12/h3-4,9,15H,2,5-8,10H2,1H3. The summed E-state index contributed by atoms with van der Waals surface area (Å²) >= 11 is 0. The second kappa shape index (κ2) is 4.22. The molecule has 0 radical (unpaired) electrons. The van der Waals surface area contributed by atoms with Crippen molar-refractivity contribution in [3.63, 3.8) is 0 Å². The summed E-state index contributed by atoms with van der Waals surface area (Å²) in [7, 11) is 0. The minimum atomic E-state index is 0.326. The lowest BCUT2D eigenvalue weighted by atomic mass is 9.71. The average Bonchev–Trinajstić information content (AvgIpc) is 2.86. The molecule has 2 aliphatic heterocycles. The summed E-state index contributed by atoms with van der Waals surface area (Å²) in [4.78, 5) is 0. The van der Waals surface area contributed by atoms with Crippen LogP contribution in [0.15, 0.2) is 18.2 Å². The van der Waals surface area contributed by atoms with E-state index in [9.17, 15) is 0 Å². The van der Waals surface area contributed by atoms with Crippen molar-refractivity contribution in [2.24, 2.45) is 0 Å². The third kappa shape index (κ3) is 1.78. The van der Waals surface area contributed by atoms with Crippen LogP contribution in [0, 0.1) is 0 Å². The van der Waals surface area contributed by atoms with Crippen LogP contribution in [0.25, 0.3) is 0 Å². The van der Waals surface area contributed by atoms with Gasteiger partial charge in [0, 0.05) is 0 Å². The van der Waals surface area contributed by atoms with Gasteiger partial charge in [-0.15, -0.1) is 0 Å². The molecule has 0 atom stereocenters. The molecule has 0 aromatic heterocycles. The SMILES string of the molecule is CCC1(c2ccc3c(c2)OCO3)CCNCC1. The molecule has 1 aromatic rings. The molecule has 0 unspecified atom stereocenters. The molecule has 2 heterocycles. The number of piperidine rings is 1. The maximum absolute atomic E-state index is 5.48. The minimum Gasteiger partial charge on any atom is -0.454 e. The van der Waals surface area contributed by atoms with Crippen molar-refractivity contribution in [3.8, 4) is 11.5 Å². The summed E-state index contributed by atoms with van der Waals surface area (Å²) in [5.41, 5.74) is 1.73. The summed E-state index contributed by atoms with van der Waals surface area (Å²) in [5.74, 6) is 1.79. The lowest BCUT2D eigenvalue weighted by molar-refractivity contribution is 0.174. The molecule has 3 rings (SSSR count). The third-order valence-electron chi connectivity index (χ3n) is 4.22. The average molecular weight is 233 g/mol. The van der Waals surface area contributed by atoms with Gasteiger partial charge in [0.05, 0.1) is 0 Å². The number of ether oxygens (including phenoxy) is 2. The zero-order valence-electron chi connectivity index (χ0n) is 10.3. The monoisotopic (exact) mass is 233 g/mol. The van der Waals surface area contributed by atoms with Crippen LogP contribution in [0.4, 0.5) is 0 Å². The second-order valence-electron chi connectivity index (χ2n) is 4.95. The van der Waals surface area contributed by atoms with Crippen LogP contribution in [0.2, 0.25) is 0 Å². The predicted octanol–water partition coefficient (Wildman–Crippen LogP) is 2.45. The largest absolute Gasteiger partial charge is 0.454 e. The maximum Gasteiger partial charge on any atom is 0.231 e. The van der Waals surface area contributed by atoms with Crippen LogP contribution < -0.4 is 14.8 Å². The Morgan fingerprint density at radius 1 is 1.18 bits per heavy atom. The first-order chi connectivity index (χ1) is 8.34. The van der Waals surface area contributed by atoms with Gasteiger partial charge in [-0.25, -0.2) is 0 Å². The van der Waals surface area contributed by atoms with Crippen LogP contribution >= 0.6 is 0 Å². The fourth-order valence-electron chi connectivity index (χ4n) is 2.98. The van der Waals surface area contributed by atoms with Crippen LogP contribution in [-0.2, 0) is 5.41 Å². The number of rotatable bonds is 2. The van der Waals surface area contributed by atoms with Crippen LogP contribution in [0.1, 0.15) is 31.7 Å². The maximum atomic E-state index is 5.48.